The molecule has 0 saturated heterocycles. The molecule has 3 rings (SSSR count). The molecule has 0 atom stereocenters. The van der Waals surface area contributed by atoms with Crippen molar-refractivity contribution in [2.45, 2.75) is 13.3 Å². The van der Waals surface area contributed by atoms with E-state index in [1.54, 1.807) is 7.11 Å². The SMILES string of the molecule is CCc1cccc(Nc2ncnc3cc(OCCOC)c(OCCO)cc23)c1. The van der Waals surface area contributed by atoms with Crippen molar-refractivity contribution < 1.29 is 19.3 Å². The first kappa shape index (κ1) is 19.9. The number of nitrogens with one attached hydrogen (secondary N) is 1. The highest BCUT2D eigenvalue weighted by Crippen LogP contribution is 2.35. The molecule has 0 spiro atoms. The van der Waals surface area contributed by atoms with Gasteiger partial charge in [-0.3, -0.25) is 0 Å². The van der Waals surface area contributed by atoms with Gasteiger partial charge in [-0.15, -0.1) is 0 Å². The number of aliphatic hydroxyl groups excluding tert-OH is 1. The Morgan fingerprint density at radius 1 is 1.00 bits per heavy atom. The Balaban J connectivity index is 1.96. The minimum absolute atomic E-state index is 0.0875. The first-order valence-corrected chi connectivity index (χ1v) is 9.25. The lowest BCUT2D eigenvalue weighted by Crippen LogP contribution is -2.08. The summed E-state index contributed by atoms with van der Waals surface area (Å²) in [4.78, 5) is 8.76. The van der Waals surface area contributed by atoms with Gasteiger partial charge in [0.15, 0.2) is 11.5 Å². The van der Waals surface area contributed by atoms with E-state index in [4.69, 9.17) is 19.3 Å². The molecule has 28 heavy (non-hydrogen) atoms. The van der Waals surface area contributed by atoms with E-state index in [-0.39, 0.29) is 13.2 Å². The molecular formula is C21H25N3O4. The van der Waals surface area contributed by atoms with Crippen LogP contribution >= 0.6 is 0 Å². The molecule has 0 bridgehead atoms. The number of rotatable bonds is 10. The van der Waals surface area contributed by atoms with Gasteiger partial charge in [-0.2, -0.15) is 0 Å². The summed E-state index contributed by atoms with van der Waals surface area (Å²) in [5, 5.41) is 13.3. The van der Waals surface area contributed by atoms with Gasteiger partial charge in [-0.05, 0) is 30.2 Å². The van der Waals surface area contributed by atoms with Crippen LogP contribution in [-0.2, 0) is 11.2 Å². The average molecular weight is 383 g/mol. The van der Waals surface area contributed by atoms with Crippen molar-refractivity contribution in [1.29, 1.82) is 0 Å². The minimum atomic E-state index is -0.0875. The third-order valence-corrected chi connectivity index (χ3v) is 4.19. The zero-order valence-electron chi connectivity index (χ0n) is 16.1. The van der Waals surface area contributed by atoms with Crippen LogP contribution in [0.3, 0.4) is 0 Å². The molecule has 0 aliphatic carbocycles. The van der Waals surface area contributed by atoms with Crippen molar-refractivity contribution in [3.8, 4) is 11.5 Å². The summed E-state index contributed by atoms with van der Waals surface area (Å²) in [6.45, 7) is 3.05. The van der Waals surface area contributed by atoms with E-state index in [2.05, 4.69) is 34.3 Å². The predicted molar refractivity (Wildman–Crippen MR) is 109 cm³/mol. The van der Waals surface area contributed by atoms with Gasteiger partial charge >= 0.3 is 0 Å². The number of fused-ring (bicyclic) bond motifs is 1. The molecule has 0 amide bonds. The Morgan fingerprint density at radius 2 is 1.82 bits per heavy atom. The van der Waals surface area contributed by atoms with E-state index in [1.165, 1.54) is 11.9 Å². The summed E-state index contributed by atoms with van der Waals surface area (Å²) in [5.74, 6) is 1.75. The van der Waals surface area contributed by atoms with Crippen LogP contribution < -0.4 is 14.8 Å². The van der Waals surface area contributed by atoms with Crippen LogP contribution in [0.25, 0.3) is 10.9 Å². The maximum Gasteiger partial charge on any atom is 0.163 e. The Kier molecular flexibility index (Phi) is 7.00. The van der Waals surface area contributed by atoms with E-state index in [9.17, 15) is 0 Å². The highest BCUT2D eigenvalue weighted by molar-refractivity contribution is 5.93. The monoisotopic (exact) mass is 383 g/mol. The van der Waals surface area contributed by atoms with Crippen LogP contribution in [-0.4, -0.2) is 48.6 Å². The van der Waals surface area contributed by atoms with Crippen molar-refractivity contribution in [3.05, 3.63) is 48.3 Å². The van der Waals surface area contributed by atoms with Crippen molar-refractivity contribution in [2.75, 3.05) is 38.9 Å². The lowest BCUT2D eigenvalue weighted by Gasteiger charge is -2.15. The molecule has 0 fully saturated rings. The second kappa shape index (κ2) is 9.87. The summed E-state index contributed by atoms with van der Waals surface area (Å²) in [6.07, 6.45) is 2.48. The van der Waals surface area contributed by atoms with Gasteiger partial charge in [0.25, 0.3) is 0 Å². The largest absolute Gasteiger partial charge is 0.487 e. The number of benzene rings is 2. The van der Waals surface area contributed by atoms with Crippen molar-refractivity contribution in [1.82, 2.24) is 9.97 Å². The number of ether oxygens (including phenoxy) is 3. The van der Waals surface area contributed by atoms with Gasteiger partial charge in [0.05, 0.1) is 18.7 Å². The van der Waals surface area contributed by atoms with Gasteiger partial charge in [-0.1, -0.05) is 19.1 Å². The van der Waals surface area contributed by atoms with Gasteiger partial charge in [0, 0.05) is 24.2 Å². The zero-order valence-corrected chi connectivity index (χ0v) is 16.1. The third-order valence-electron chi connectivity index (χ3n) is 4.19. The summed E-state index contributed by atoms with van der Waals surface area (Å²) in [5.41, 5.74) is 2.93. The molecule has 1 heterocycles. The minimum Gasteiger partial charge on any atom is -0.487 e. The molecule has 7 nitrogen and oxygen atoms in total. The fraction of sp³-hybridized carbons (Fsp3) is 0.333. The molecule has 7 heteroatoms. The molecule has 1 aromatic heterocycles. The number of nitrogens with zero attached hydrogens (tertiary/aromatic N) is 2. The number of hydrogen-bond donors (Lipinski definition) is 2. The lowest BCUT2D eigenvalue weighted by molar-refractivity contribution is 0.141. The Bertz CT molecular complexity index is 917. The lowest BCUT2D eigenvalue weighted by atomic mass is 10.1. The molecule has 0 saturated carbocycles. The van der Waals surface area contributed by atoms with Crippen LogP contribution in [0.1, 0.15) is 12.5 Å². The normalized spacial score (nSPS) is 10.8. The van der Waals surface area contributed by atoms with Crippen molar-refractivity contribution >= 4 is 22.4 Å². The molecule has 0 aliphatic rings. The number of methoxy groups -OCH3 is 1. The van der Waals surface area contributed by atoms with Crippen LogP contribution in [0.15, 0.2) is 42.7 Å². The van der Waals surface area contributed by atoms with E-state index in [1.807, 2.05) is 24.3 Å². The number of aromatic nitrogens is 2. The standard InChI is InChI=1S/C21H25N3O4/c1-3-15-5-4-6-16(11-15)24-21-17-12-19(27-8-7-25)20(28-10-9-26-2)13-18(17)22-14-23-21/h4-6,11-14,25H,3,7-10H2,1-2H3,(H,22,23,24). The first-order chi connectivity index (χ1) is 13.7. The quantitative estimate of drug-likeness (QED) is 0.519. The van der Waals surface area contributed by atoms with E-state index in [0.29, 0.717) is 30.5 Å². The van der Waals surface area contributed by atoms with Crippen LogP contribution in [0, 0.1) is 0 Å². The fourth-order valence-corrected chi connectivity index (χ4v) is 2.79. The van der Waals surface area contributed by atoms with Crippen LogP contribution in [0.4, 0.5) is 11.5 Å². The Labute approximate surface area is 164 Å². The smallest absolute Gasteiger partial charge is 0.163 e. The van der Waals surface area contributed by atoms with E-state index < -0.39 is 0 Å². The molecule has 0 aliphatic heterocycles. The topological polar surface area (TPSA) is 85.7 Å². The molecule has 3 aromatic rings. The molecule has 2 N–H and O–H groups in total. The fourth-order valence-electron chi connectivity index (χ4n) is 2.79. The first-order valence-electron chi connectivity index (χ1n) is 9.25. The third kappa shape index (κ3) is 4.88. The van der Waals surface area contributed by atoms with Crippen molar-refractivity contribution in [3.63, 3.8) is 0 Å². The summed E-state index contributed by atoms with van der Waals surface area (Å²) < 4.78 is 16.5. The van der Waals surface area contributed by atoms with Crippen molar-refractivity contribution in [2.24, 2.45) is 0 Å². The Morgan fingerprint density at radius 3 is 2.61 bits per heavy atom. The maximum absolute atomic E-state index is 9.12. The average Bonchev–Trinajstić information content (AvgIpc) is 2.73. The highest BCUT2D eigenvalue weighted by atomic mass is 16.5. The zero-order chi connectivity index (χ0) is 19.8. The second-order valence-electron chi connectivity index (χ2n) is 6.13. The number of aryl methyl sites for hydroxylation is 1. The number of hydrogen-bond acceptors (Lipinski definition) is 7. The predicted octanol–water partition coefficient (Wildman–Crippen LogP) is 3.33. The molecule has 0 unspecified atom stereocenters. The number of anilines is 2. The molecule has 2 aromatic carbocycles. The highest BCUT2D eigenvalue weighted by Gasteiger charge is 2.13. The number of aliphatic hydroxyl groups is 1. The molecule has 148 valence electrons. The second-order valence-corrected chi connectivity index (χ2v) is 6.13. The summed E-state index contributed by atoms with van der Waals surface area (Å²) in [6, 6.07) is 11.8. The Hall–Kier alpha value is -2.90. The van der Waals surface area contributed by atoms with Crippen LogP contribution in [0.2, 0.25) is 0 Å². The van der Waals surface area contributed by atoms with Gasteiger partial charge < -0.3 is 24.6 Å². The molecular weight excluding hydrogens is 358 g/mol. The van der Waals surface area contributed by atoms with E-state index in [0.717, 1.165) is 23.0 Å². The van der Waals surface area contributed by atoms with E-state index >= 15 is 0 Å². The maximum atomic E-state index is 9.12. The van der Waals surface area contributed by atoms with Gasteiger partial charge in [0.1, 0.15) is 25.4 Å². The summed E-state index contributed by atoms with van der Waals surface area (Å²) in [7, 11) is 1.62. The molecule has 0 radical (unpaired) electrons. The summed E-state index contributed by atoms with van der Waals surface area (Å²) >= 11 is 0. The van der Waals surface area contributed by atoms with Crippen LogP contribution in [0.5, 0.6) is 11.5 Å². The van der Waals surface area contributed by atoms with Gasteiger partial charge in [-0.25, -0.2) is 9.97 Å². The van der Waals surface area contributed by atoms with Gasteiger partial charge in [0.2, 0.25) is 0 Å².